The average molecular weight is 1390 g/mol. The van der Waals surface area contributed by atoms with Gasteiger partial charge in [0.15, 0.2) is 0 Å². The van der Waals surface area contributed by atoms with Crippen LogP contribution < -0.4 is 39.9 Å². The number of unbranched alkanes of at least 4 members (excludes halogenated alkanes) is 2. The Balaban J connectivity index is 0.980. The smallest absolute Gasteiger partial charge is 0.408 e. The largest absolute Gasteiger partial charge is 0.530 e. The van der Waals surface area contributed by atoms with Crippen molar-refractivity contribution < 1.29 is 55.9 Å². The number of nitrogens with one attached hydrogen (secondary N) is 4. The SMILES string of the molecule is CC(C)(C)OC(=O)N[C@@H](CCCCNC(=O)CCC#CC#CCCC(=O)NCCCC[C@H](NC(=O)OC(C)(C)C)C(=O)N1CC(C)(C)c2nc(O[Si](C)(C)C(C)(C)C)c(Cc3ccc(F)cc3)cc21)C(=O)N1CC(C)(C)c2nc(O[Si](C)(C)C(C)(C)C)c(Cc3ccc(F)cc3)cc21. The first-order valence-electron chi connectivity index (χ1n) is 34.4. The Morgan fingerprint density at radius 3 is 1.19 bits per heavy atom. The summed E-state index contributed by atoms with van der Waals surface area (Å²) < 4.78 is 53.0. The molecule has 0 aliphatic carbocycles. The van der Waals surface area contributed by atoms with Crippen LogP contribution in [0.25, 0.3) is 0 Å². The minimum atomic E-state index is -2.39. The number of alkyl carbamates (subject to hydrolysis) is 2. The molecule has 2 atom stereocenters. The second-order valence-corrected chi connectivity index (χ2v) is 41.7. The van der Waals surface area contributed by atoms with Crippen molar-refractivity contribution >= 4 is 63.8 Å². The molecule has 4 aromatic rings. The summed E-state index contributed by atoms with van der Waals surface area (Å²) >= 11 is 0. The molecule has 0 unspecified atom stereocenters. The van der Waals surface area contributed by atoms with Crippen molar-refractivity contribution in [1.82, 2.24) is 31.2 Å². The lowest BCUT2D eigenvalue weighted by Gasteiger charge is -2.36. The van der Waals surface area contributed by atoms with Crippen LogP contribution >= 0.6 is 0 Å². The molecule has 0 radical (unpaired) electrons. The number of halogens is 2. The van der Waals surface area contributed by atoms with E-state index >= 15 is 0 Å². The number of rotatable bonds is 26. The summed E-state index contributed by atoms with van der Waals surface area (Å²) in [5, 5.41) is 11.3. The average Bonchev–Trinajstić information content (AvgIpc) is 1.58. The van der Waals surface area contributed by atoms with Gasteiger partial charge in [-0.2, -0.15) is 0 Å². The third-order valence-electron chi connectivity index (χ3n) is 18.2. The fraction of sp³-hybridized carbons (Fsp3) is 0.579. The molecule has 6 rings (SSSR count). The summed E-state index contributed by atoms with van der Waals surface area (Å²) in [7, 11) is -4.78. The molecular formula is C76H108F2N8O10Si2. The van der Waals surface area contributed by atoms with Crippen LogP contribution in [0, 0.1) is 35.3 Å². The number of hydrogen-bond acceptors (Lipinski definition) is 12. The first kappa shape index (κ1) is 79.2. The fourth-order valence-electron chi connectivity index (χ4n) is 10.8. The van der Waals surface area contributed by atoms with E-state index in [2.05, 4.69) is 113 Å². The van der Waals surface area contributed by atoms with Crippen molar-refractivity contribution in [3.05, 3.63) is 106 Å². The zero-order chi connectivity index (χ0) is 73.0. The van der Waals surface area contributed by atoms with Gasteiger partial charge in [-0.05, 0) is 176 Å². The highest BCUT2D eigenvalue weighted by molar-refractivity contribution is 6.75. The number of anilines is 2. The van der Waals surface area contributed by atoms with E-state index in [1.54, 1.807) is 75.6 Å². The van der Waals surface area contributed by atoms with E-state index in [4.69, 9.17) is 28.3 Å². The molecule has 0 bridgehead atoms. The quantitative estimate of drug-likeness (QED) is 0.0262. The lowest BCUT2D eigenvalue weighted by molar-refractivity contribution is -0.122. The zero-order valence-electron chi connectivity index (χ0n) is 61.9. The molecule has 0 spiro atoms. The van der Waals surface area contributed by atoms with E-state index in [0.717, 1.165) is 22.3 Å². The van der Waals surface area contributed by atoms with Gasteiger partial charge in [0.2, 0.25) is 35.4 Å². The van der Waals surface area contributed by atoms with Crippen LogP contribution in [0.1, 0.15) is 209 Å². The van der Waals surface area contributed by atoms with Gasteiger partial charge in [-0.25, -0.2) is 28.3 Å². The minimum absolute atomic E-state index is 0.126. The van der Waals surface area contributed by atoms with Gasteiger partial charge in [-0.3, -0.25) is 19.2 Å². The van der Waals surface area contributed by atoms with Crippen molar-refractivity contribution in [2.75, 3.05) is 36.0 Å². The first-order chi connectivity index (χ1) is 45.3. The number of ether oxygens (including phenoxy) is 2. The van der Waals surface area contributed by atoms with E-state index in [1.165, 1.54) is 24.3 Å². The van der Waals surface area contributed by atoms with Crippen LogP contribution in [0.5, 0.6) is 11.8 Å². The van der Waals surface area contributed by atoms with Crippen LogP contribution in [0.4, 0.5) is 29.7 Å². The summed E-state index contributed by atoms with van der Waals surface area (Å²) in [5.41, 5.74) is 3.09. The van der Waals surface area contributed by atoms with E-state index < -0.39 is 62.9 Å². The Kier molecular flexibility index (Phi) is 26.2. The van der Waals surface area contributed by atoms with Gasteiger partial charge in [0.1, 0.15) is 34.9 Å². The van der Waals surface area contributed by atoms with Crippen LogP contribution in [0.2, 0.25) is 36.3 Å². The van der Waals surface area contributed by atoms with E-state index in [9.17, 15) is 37.5 Å². The van der Waals surface area contributed by atoms with Crippen molar-refractivity contribution in [3.63, 3.8) is 0 Å². The number of aromatic nitrogens is 2. The molecule has 2 aliphatic heterocycles. The van der Waals surface area contributed by atoms with E-state index in [-0.39, 0.29) is 83.9 Å². The molecule has 2 aliphatic rings. The Hall–Kier alpha value is -7.83. The first-order valence-corrected chi connectivity index (χ1v) is 40.2. The Bertz CT molecular complexity index is 3400. The number of fused-ring (bicyclic) bond motifs is 2. The van der Waals surface area contributed by atoms with E-state index in [1.807, 2.05) is 39.8 Å². The predicted molar refractivity (Wildman–Crippen MR) is 387 cm³/mol. The van der Waals surface area contributed by atoms with Gasteiger partial charge < -0.3 is 49.4 Å². The highest BCUT2D eigenvalue weighted by atomic mass is 28.4. The summed E-state index contributed by atoms with van der Waals surface area (Å²) in [6, 6.07) is 14.6. The molecule has 0 saturated heterocycles. The van der Waals surface area contributed by atoms with Crippen LogP contribution in [-0.2, 0) is 52.3 Å². The zero-order valence-corrected chi connectivity index (χ0v) is 63.9. The van der Waals surface area contributed by atoms with Gasteiger partial charge in [-0.15, -0.1) is 0 Å². The number of carbonyl (C=O) groups excluding carboxylic acids is 6. The van der Waals surface area contributed by atoms with Gasteiger partial charge in [0.25, 0.3) is 16.6 Å². The molecule has 0 saturated carbocycles. The molecule has 22 heteroatoms. The fourth-order valence-corrected chi connectivity index (χ4v) is 12.7. The highest BCUT2D eigenvalue weighted by Crippen LogP contribution is 2.47. The molecular weight excluding hydrogens is 1280 g/mol. The Morgan fingerprint density at radius 1 is 0.541 bits per heavy atom. The molecule has 0 fully saturated rings. The van der Waals surface area contributed by atoms with Crippen LogP contribution in [0.3, 0.4) is 0 Å². The summed E-state index contributed by atoms with van der Waals surface area (Å²) in [5.74, 6) is 10.6. The molecule has 2 aromatic heterocycles. The third kappa shape index (κ3) is 22.9. The summed E-state index contributed by atoms with van der Waals surface area (Å²) in [4.78, 5) is 95.6. The second-order valence-electron chi connectivity index (χ2n) is 32.3. The molecule has 534 valence electrons. The lowest BCUT2D eigenvalue weighted by atomic mass is 9.90. The summed E-state index contributed by atoms with van der Waals surface area (Å²) in [6.45, 7) is 41.5. The van der Waals surface area contributed by atoms with Crippen molar-refractivity contribution in [1.29, 1.82) is 0 Å². The predicted octanol–water partition coefficient (Wildman–Crippen LogP) is 14.6. The molecule has 4 N–H and O–H groups in total. The topological polar surface area (TPSA) is 220 Å². The normalized spacial score (nSPS) is 14.8. The van der Waals surface area contributed by atoms with Gasteiger partial charge in [0.05, 0.1) is 22.8 Å². The maximum atomic E-state index is 14.8. The van der Waals surface area contributed by atoms with E-state index in [0.29, 0.717) is 99.2 Å². The molecule has 18 nitrogen and oxygen atoms in total. The number of pyridine rings is 2. The minimum Gasteiger partial charge on any atom is -0.530 e. The second kappa shape index (κ2) is 32.4. The molecule has 98 heavy (non-hydrogen) atoms. The number of benzene rings is 2. The number of carbonyl (C=O) groups is 6. The van der Waals surface area contributed by atoms with Crippen molar-refractivity contribution in [2.24, 2.45) is 0 Å². The maximum Gasteiger partial charge on any atom is 0.408 e. The molecule has 6 amide bonds. The number of nitrogens with zero attached hydrogens (tertiary/aromatic N) is 4. The number of amides is 6. The molecule has 2 aromatic carbocycles. The summed E-state index contributed by atoms with van der Waals surface area (Å²) in [6.07, 6.45) is 2.71. The Morgan fingerprint density at radius 2 is 0.878 bits per heavy atom. The van der Waals surface area contributed by atoms with Gasteiger partial charge in [0, 0.05) is 86.7 Å². The Labute approximate surface area is 583 Å². The maximum absolute atomic E-state index is 14.8. The monoisotopic (exact) mass is 1390 g/mol. The standard InChI is InChI=1S/C76H108F2N8O10Si2/c1-71(2,3)93-69(91)81-57(67(89)85-49-75(13,14)63-59(85)47-53(45-51-35-39-55(77)40-36-51)65(83-63)95-97(17,18)73(7,8)9)31-27-29-43-79-61(87)33-25-23-21-22-24-26-34-62(88)80-44-30-28-32-58(82-70(92)94-72(4,5)6)68(90)86-50-76(15,16)64-60(86)48-54(46-52-37-41-56(78)42-38-52)66(84-64)96-98(19,20)74(10,11)12/h35-42,47-48,57-58H,25-34,43-46,49-50H2,1-20H3,(H,79,87)(H,80,88)(H,81,91)(H,82,92)/t57-,58-/m0/s1. The van der Waals surface area contributed by atoms with Crippen molar-refractivity contribution in [3.8, 4) is 35.4 Å². The third-order valence-corrected chi connectivity index (χ3v) is 26.8. The molecule has 4 heterocycles. The highest BCUT2D eigenvalue weighted by Gasteiger charge is 2.47. The van der Waals surface area contributed by atoms with Crippen LogP contribution in [-0.4, -0.2) is 112 Å². The number of hydrogen-bond donors (Lipinski definition) is 4. The van der Waals surface area contributed by atoms with Crippen LogP contribution in [0.15, 0.2) is 60.7 Å². The van der Waals surface area contributed by atoms with Gasteiger partial charge >= 0.3 is 12.2 Å². The van der Waals surface area contributed by atoms with Crippen molar-refractivity contribution in [2.45, 2.75) is 258 Å². The lowest BCUT2D eigenvalue weighted by Crippen LogP contribution is -2.50. The van der Waals surface area contributed by atoms with Gasteiger partial charge in [-0.1, -0.05) is 105 Å².